The zero-order valence-corrected chi connectivity index (χ0v) is 17.7. The maximum Gasteiger partial charge on any atom is 0.254 e. The third-order valence-electron chi connectivity index (χ3n) is 6.33. The number of piperidine rings is 1. The van der Waals surface area contributed by atoms with Crippen molar-refractivity contribution < 1.29 is 13.9 Å². The molecule has 1 amide bonds. The Bertz CT molecular complexity index is 957. The van der Waals surface area contributed by atoms with Crippen molar-refractivity contribution in [3.8, 4) is 0 Å². The van der Waals surface area contributed by atoms with Gasteiger partial charge in [0.05, 0.1) is 25.5 Å². The van der Waals surface area contributed by atoms with E-state index in [0.29, 0.717) is 38.3 Å². The van der Waals surface area contributed by atoms with Crippen LogP contribution >= 0.6 is 0 Å². The molecule has 4 heterocycles. The van der Waals surface area contributed by atoms with E-state index in [2.05, 4.69) is 9.80 Å². The number of fused-ring (bicyclic) bond motifs is 1. The molecule has 0 radical (unpaired) electrons. The van der Waals surface area contributed by atoms with Crippen LogP contribution in [0.2, 0.25) is 0 Å². The number of halogens is 1. The van der Waals surface area contributed by atoms with E-state index in [1.165, 1.54) is 31.4 Å². The summed E-state index contributed by atoms with van der Waals surface area (Å²) in [6, 6.07) is 5.90. The number of nitrogens with zero attached hydrogens (tertiary/aromatic N) is 5. The summed E-state index contributed by atoms with van der Waals surface area (Å²) >= 11 is 0. The van der Waals surface area contributed by atoms with Crippen molar-refractivity contribution in [2.75, 3.05) is 55.7 Å². The Morgan fingerprint density at radius 3 is 2.55 bits per heavy atom. The Balaban J connectivity index is 1.47. The first-order chi connectivity index (χ1) is 15.2. The van der Waals surface area contributed by atoms with Crippen molar-refractivity contribution in [2.24, 2.45) is 0 Å². The second-order valence-electron chi connectivity index (χ2n) is 8.41. The number of carbonyl (C=O) groups excluding carboxylic acids is 1. The van der Waals surface area contributed by atoms with Crippen LogP contribution in [-0.2, 0) is 17.7 Å². The molecule has 2 saturated heterocycles. The summed E-state index contributed by atoms with van der Waals surface area (Å²) in [5.74, 6) is 1.18. The van der Waals surface area contributed by atoms with Crippen LogP contribution < -0.4 is 9.80 Å². The van der Waals surface area contributed by atoms with E-state index >= 15 is 0 Å². The number of carbonyl (C=O) groups is 1. The van der Waals surface area contributed by atoms with Gasteiger partial charge in [0.1, 0.15) is 11.6 Å². The number of anilines is 2. The van der Waals surface area contributed by atoms with Crippen LogP contribution in [0.3, 0.4) is 0 Å². The van der Waals surface area contributed by atoms with Gasteiger partial charge in [0, 0.05) is 50.3 Å². The highest BCUT2D eigenvalue weighted by Crippen LogP contribution is 2.31. The minimum atomic E-state index is -0.397. The van der Waals surface area contributed by atoms with E-state index in [-0.39, 0.29) is 5.91 Å². The molecule has 0 atom stereocenters. The van der Waals surface area contributed by atoms with Crippen LogP contribution in [0, 0.1) is 5.82 Å². The molecule has 31 heavy (non-hydrogen) atoms. The quantitative estimate of drug-likeness (QED) is 0.754. The third kappa shape index (κ3) is 4.21. The molecule has 1 aromatic heterocycles. The van der Waals surface area contributed by atoms with Gasteiger partial charge in [-0.05, 0) is 37.5 Å². The van der Waals surface area contributed by atoms with Gasteiger partial charge >= 0.3 is 0 Å². The van der Waals surface area contributed by atoms with Gasteiger partial charge in [0.25, 0.3) is 5.91 Å². The fourth-order valence-corrected chi connectivity index (χ4v) is 4.63. The van der Waals surface area contributed by atoms with Crippen molar-refractivity contribution in [2.45, 2.75) is 32.2 Å². The Morgan fingerprint density at radius 1 is 0.968 bits per heavy atom. The van der Waals surface area contributed by atoms with Crippen LogP contribution in [0.5, 0.6) is 0 Å². The van der Waals surface area contributed by atoms with Gasteiger partial charge in [-0.15, -0.1) is 0 Å². The van der Waals surface area contributed by atoms with Gasteiger partial charge in [0.15, 0.2) is 0 Å². The zero-order chi connectivity index (χ0) is 21.2. The molecule has 2 aromatic rings. The minimum Gasteiger partial charge on any atom is -0.378 e. The monoisotopic (exact) mass is 425 g/mol. The molecule has 0 aliphatic carbocycles. The highest BCUT2D eigenvalue weighted by molar-refractivity contribution is 5.94. The fraction of sp³-hybridized carbons (Fsp3) is 0.522. The molecule has 3 aliphatic heterocycles. The lowest BCUT2D eigenvalue weighted by Gasteiger charge is -2.36. The van der Waals surface area contributed by atoms with E-state index in [1.807, 2.05) is 0 Å². The van der Waals surface area contributed by atoms with Gasteiger partial charge < -0.3 is 19.4 Å². The van der Waals surface area contributed by atoms with Crippen LogP contribution in [0.15, 0.2) is 24.3 Å². The van der Waals surface area contributed by atoms with Gasteiger partial charge in [-0.3, -0.25) is 4.79 Å². The third-order valence-corrected chi connectivity index (χ3v) is 6.33. The lowest BCUT2D eigenvalue weighted by Crippen LogP contribution is -2.42. The van der Waals surface area contributed by atoms with Gasteiger partial charge in [-0.2, -0.15) is 4.98 Å². The summed E-state index contributed by atoms with van der Waals surface area (Å²) in [5, 5.41) is 0. The summed E-state index contributed by atoms with van der Waals surface area (Å²) in [5.41, 5.74) is 2.42. The molecule has 164 valence electrons. The highest BCUT2D eigenvalue weighted by atomic mass is 19.1. The van der Waals surface area contributed by atoms with Gasteiger partial charge in [-0.1, -0.05) is 6.07 Å². The Labute approximate surface area is 181 Å². The van der Waals surface area contributed by atoms with E-state index in [0.717, 1.165) is 49.2 Å². The number of hydrogen-bond acceptors (Lipinski definition) is 6. The lowest BCUT2D eigenvalue weighted by atomic mass is 10.0. The molecular formula is C23H28FN5O2. The number of benzene rings is 1. The average Bonchev–Trinajstić information content (AvgIpc) is 2.83. The van der Waals surface area contributed by atoms with E-state index in [4.69, 9.17) is 14.7 Å². The maximum atomic E-state index is 13.6. The largest absolute Gasteiger partial charge is 0.378 e. The van der Waals surface area contributed by atoms with Crippen molar-refractivity contribution in [1.82, 2.24) is 14.9 Å². The number of amides is 1. The van der Waals surface area contributed by atoms with Crippen LogP contribution in [0.4, 0.5) is 16.2 Å². The van der Waals surface area contributed by atoms with E-state index < -0.39 is 5.82 Å². The molecule has 0 saturated carbocycles. The summed E-state index contributed by atoms with van der Waals surface area (Å²) in [7, 11) is 0. The van der Waals surface area contributed by atoms with Crippen LogP contribution in [-0.4, -0.2) is 66.7 Å². The second-order valence-corrected chi connectivity index (χ2v) is 8.41. The number of hydrogen-bond donors (Lipinski definition) is 0. The molecular weight excluding hydrogens is 397 g/mol. The predicted molar refractivity (Wildman–Crippen MR) is 116 cm³/mol. The lowest BCUT2D eigenvalue weighted by molar-refractivity contribution is 0.0732. The molecule has 1 aromatic carbocycles. The molecule has 0 spiro atoms. The van der Waals surface area contributed by atoms with Crippen LogP contribution in [0.25, 0.3) is 0 Å². The van der Waals surface area contributed by atoms with Gasteiger partial charge in [-0.25, -0.2) is 9.37 Å². The second kappa shape index (κ2) is 8.78. The number of aromatic nitrogens is 2. The molecule has 3 aliphatic rings. The van der Waals surface area contributed by atoms with E-state index in [9.17, 15) is 9.18 Å². The summed E-state index contributed by atoms with van der Waals surface area (Å²) in [4.78, 5) is 29.3. The summed E-state index contributed by atoms with van der Waals surface area (Å²) in [6.45, 7) is 5.89. The van der Waals surface area contributed by atoms with Gasteiger partial charge in [0.2, 0.25) is 5.95 Å². The molecule has 8 heteroatoms. The molecule has 0 bridgehead atoms. The molecule has 7 nitrogen and oxygen atoms in total. The van der Waals surface area contributed by atoms with Crippen molar-refractivity contribution >= 4 is 17.7 Å². The smallest absolute Gasteiger partial charge is 0.254 e. The highest BCUT2D eigenvalue weighted by Gasteiger charge is 2.30. The first kappa shape index (κ1) is 20.2. The first-order valence-corrected chi connectivity index (χ1v) is 11.2. The van der Waals surface area contributed by atoms with Crippen molar-refractivity contribution in [1.29, 1.82) is 0 Å². The first-order valence-electron chi connectivity index (χ1n) is 11.2. The predicted octanol–water partition coefficient (Wildman–Crippen LogP) is 2.64. The molecule has 2 fully saturated rings. The standard InChI is InChI=1S/C23H28FN5O2/c24-18-6-4-5-17(15-18)22(30)29-10-7-20-19(16-29)21(27-11-13-31-14-12-27)26-23(25-20)28-8-2-1-3-9-28/h4-6,15H,1-3,7-14,16H2. The Hall–Kier alpha value is -2.74. The van der Waals surface area contributed by atoms with Crippen molar-refractivity contribution in [3.63, 3.8) is 0 Å². The Morgan fingerprint density at radius 2 is 1.77 bits per heavy atom. The summed E-state index contributed by atoms with van der Waals surface area (Å²) in [6.07, 6.45) is 4.28. The van der Waals surface area contributed by atoms with Crippen LogP contribution in [0.1, 0.15) is 40.9 Å². The normalized spacial score (nSPS) is 19.3. The van der Waals surface area contributed by atoms with E-state index in [1.54, 1.807) is 17.0 Å². The maximum absolute atomic E-state index is 13.6. The number of ether oxygens (including phenoxy) is 1. The fourth-order valence-electron chi connectivity index (χ4n) is 4.63. The topological polar surface area (TPSA) is 61.8 Å². The minimum absolute atomic E-state index is 0.154. The molecule has 0 N–H and O–H groups in total. The number of rotatable bonds is 3. The average molecular weight is 426 g/mol. The number of morpholine rings is 1. The zero-order valence-electron chi connectivity index (χ0n) is 17.7. The summed E-state index contributed by atoms with van der Waals surface area (Å²) < 4.78 is 19.2. The Kier molecular flexibility index (Phi) is 5.72. The molecule has 5 rings (SSSR count). The van der Waals surface area contributed by atoms with Crippen molar-refractivity contribution in [3.05, 3.63) is 46.9 Å². The SMILES string of the molecule is O=C(c1cccc(F)c1)N1CCc2nc(N3CCCCC3)nc(N3CCOCC3)c2C1. The molecule has 0 unspecified atom stereocenters.